The molecule has 0 saturated carbocycles. The van der Waals surface area contributed by atoms with Crippen molar-refractivity contribution in [1.29, 1.82) is 0 Å². The van der Waals surface area contributed by atoms with E-state index in [2.05, 4.69) is 29.0 Å². The van der Waals surface area contributed by atoms with Crippen LogP contribution in [0.3, 0.4) is 0 Å². The molecule has 106 valence electrons. The SMILES string of the molecule is CCC1(CC)CCN(c2ncc(F)cc2CNC)C1. The summed E-state index contributed by atoms with van der Waals surface area (Å²) in [5.74, 6) is 0.685. The number of pyridine rings is 1. The van der Waals surface area contributed by atoms with Gasteiger partial charge in [-0.05, 0) is 37.8 Å². The van der Waals surface area contributed by atoms with E-state index in [0.717, 1.165) is 24.5 Å². The van der Waals surface area contributed by atoms with Gasteiger partial charge in [-0.25, -0.2) is 9.37 Å². The van der Waals surface area contributed by atoms with Crippen molar-refractivity contribution in [2.75, 3.05) is 25.0 Å². The van der Waals surface area contributed by atoms with E-state index in [1.54, 1.807) is 6.07 Å². The minimum Gasteiger partial charge on any atom is -0.356 e. The minimum atomic E-state index is -0.259. The Morgan fingerprint density at radius 3 is 2.74 bits per heavy atom. The van der Waals surface area contributed by atoms with Crippen LogP contribution in [0, 0.1) is 11.2 Å². The third-order valence-electron chi connectivity index (χ3n) is 4.51. The van der Waals surface area contributed by atoms with Gasteiger partial charge in [0.1, 0.15) is 11.6 Å². The van der Waals surface area contributed by atoms with E-state index in [4.69, 9.17) is 0 Å². The van der Waals surface area contributed by atoms with Gasteiger partial charge in [0, 0.05) is 25.2 Å². The molecule has 0 atom stereocenters. The first-order valence-electron chi connectivity index (χ1n) is 7.18. The number of aromatic nitrogens is 1. The summed E-state index contributed by atoms with van der Waals surface area (Å²) in [6, 6.07) is 1.59. The van der Waals surface area contributed by atoms with E-state index in [1.165, 1.54) is 25.5 Å². The van der Waals surface area contributed by atoms with Gasteiger partial charge in [0.2, 0.25) is 0 Å². The molecule has 0 spiro atoms. The fourth-order valence-electron chi connectivity index (χ4n) is 3.02. The Bertz CT molecular complexity index is 429. The summed E-state index contributed by atoms with van der Waals surface area (Å²) in [6.07, 6.45) is 4.93. The van der Waals surface area contributed by atoms with Gasteiger partial charge >= 0.3 is 0 Å². The van der Waals surface area contributed by atoms with Crippen molar-refractivity contribution < 1.29 is 4.39 Å². The van der Waals surface area contributed by atoms with Crippen molar-refractivity contribution in [2.24, 2.45) is 5.41 Å². The van der Waals surface area contributed by atoms with Crippen LogP contribution in [-0.2, 0) is 6.54 Å². The molecule has 1 aromatic rings. The molecule has 0 unspecified atom stereocenters. The van der Waals surface area contributed by atoms with Crippen LogP contribution in [-0.4, -0.2) is 25.1 Å². The molecule has 2 rings (SSSR count). The van der Waals surface area contributed by atoms with Crippen molar-refractivity contribution in [3.05, 3.63) is 23.6 Å². The van der Waals surface area contributed by atoms with Gasteiger partial charge in [-0.2, -0.15) is 0 Å². The molecular formula is C15H24FN3. The molecule has 4 heteroatoms. The Morgan fingerprint density at radius 1 is 1.42 bits per heavy atom. The predicted molar refractivity (Wildman–Crippen MR) is 76.8 cm³/mol. The third kappa shape index (κ3) is 2.89. The molecule has 0 aliphatic carbocycles. The van der Waals surface area contributed by atoms with E-state index < -0.39 is 0 Å². The molecule has 1 fully saturated rings. The molecule has 3 nitrogen and oxygen atoms in total. The first-order valence-corrected chi connectivity index (χ1v) is 7.18. The van der Waals surface area contributed by atoms with Crippen LogP contribution in [0.5, 0.6) is 0 Å². The summed E-state index contributed by atoms with van der Waals surface area (Å²) in [5, 5.41) is 3.09. The molecule has 0 bridgehead atoms. The predicted octanol–water partition coefficient (Wildman–Crippen LogP) is 2.96. The van der Waals surface area contributed by atoms with Crippen LogP contribution >= 0.6 is 0 Å². The van der Waals surface area contributed by atoms with Gasteiger partial charge in [-0.15, -0.1) is 0 Å². The zero-order valence-corrected chi connectivity index (χ0v) is 12.2. The van der Waals surface area contributed by atoms with Crippen molar-refractivity contribution >= 4 is 5.82 Å². The van der Waals surface area contributed by atoms with Crippen molar-refractivity contribution in [2.45, 2.75) is 39.7 Å². The number of anilines is 1. The number of nitrogens with zero attached hydrogens (tertiary/aromatic N) is 2. The lowest BCUT2D eigenvalue weighted by atomic mass is 9.82. The van der Waals surface area contributed by atoms with Gasteiger partial charge in [-0.1, -0.05) is 13.8 Å². The summed E-state index contributed by atoms with van der Waals surface area (Å²) in [6.45, 7) is 7.24. The monoisotopic (exact) mass is 265 g/mol. The largest absolute Gasteiger partial charge is 0.356 e. The summed E-state index contributed by atoms with van der Waals surface area (Å²) >= 11 is 0. The molecular weight excluding hydrogens is 241 g/mol. The topological polar surface area (TPSA) is 28.2 Å². The van der Waals surface area contributed by atoms with E-state index in [-0.39, 0.29) is 5.82 Å². The summed E-state index contributed by atoms with van der Waals surface area (Å²) in [4.78, 5) is 6.64. The van der Waals surface area contributed by atoms with Crippen LogP contribution in [0.1, 0.15) is 38.7 Å². The maximum Gasteiger partial charge on any atom is 0.141 e. The molecule has 0 amide bonds. The smallest absolute Gasteiger partial charge is 0.141 e. The Morgan fingerprint density at radius 2 is 2.16 bits per heavy atom. The number of rotatable bonds is 5. The second-order valence-corrected chi connectivity index (χ2v) is 5.55. The van der Waals surface area contributed by atoms with E-state index in [9.17, 15) is 4.39 Å². The van der Waals surface area contributed by atoms with E-state index in [0.29, 0.717) is 12.0 Å². The third-order valence-corrected chi connectivity index (χ3v) is 4.51. The fourth-order valence-corrected chi connectivity index (χ4v) is 3.02. The summed E-state index contributed by atoms with van der Waals surface area (Å²) in [7, 11) is 1.88. The van der Waals surface area contributed by atoms with Crippen LogP contribution < -0.4 is 10.2 Å². The number of hydrogen-bond acceptors (Lipinski definition) is 3. The number of nitrogens with one attached hydrogen (secondary N) is 1. The first-order chi connectivity index (χ1) is 9.14. The second-order valence-electron chi connectivity index (χ2n) is 5.55. The molecule has 0 radical (unpaired) electrons. The Kier molecular flexibility index (Phi) is 4.40. The van der Waals surface area contributed by atoms with Crippen molar-refractivity contribution in [3.63, 3.8) is 0 Å². The van der Waals surface area contributed by atoms with Gasteiger partial charge < -0.3 is 10.2 Å². The van der Waals surface area contributed by atoms with Gasteiger partial charge in [-0.3, -0.25) is 0 Å². The maximum absolute atomic E-state index is 13.3. The highest BCUT2D eigenvalue weighted by Crippen LogP contribution is 2.39. The zero-order chi connectivity index (χ0) is 13.9. The van der Waals surface area contributed by atoms with Gasteiger partial charge in [0.25, 0.3) is 0 Å². The van der Waals surface area contributed by atoms with Crippen LogP contribution in [0.4, 0.5) is 10.2 Å². The molecule has 1 saturated heterocycles. The van der Waals surface area contributed by atoms with E-state index in [1.807, 2.05) is 7.05 Å². The highest BCUT2D eigenvalue weighted by atomic mass is 19.1. The van der Waals surface area contributed by atoms with Gasteiger partial charge in [0.05, 0.1) is 6.20 Å². The fraction of sp³-hybridized carbons (Fsp3) is 0.667. The van der Waals surface area contributed by atoms with Crippen molar-refractivity contribution in [1.82, 2.24) is 10.3 Å². The quantitative estimate of drug-likeness (QED) is 0.887. The maximum atomic E-state index is 13.3. The van der Waals surface area contributed by atoms with Crippen LogP contribution in [0.15, 0.2) is 12.3 Å². The molecule has 2 heterocycles. The molecule has 1 aliphatic rings. The highest BCUT2D eigenvalue weighted by Gasteiger charge is 2.36. The zero-order valence-electron chi connectivity index (χ0n) is 12.2. The van der Waals surface area contributed by atoms with Crippen LogP contribution in [0.25, 0.3) is 0 Å². The number of hydrogen-bond donors (Lipinski definition) is 1. The highest BCUT2D eigenvalue weighted by molar-refractivity contribution is 5.48. The first kappa shape index (κ1) is 14.3. The Hall–Kier alpha value is -1.16. The Labute approximate surface area is 115 Å². The molecule has 1 N–H and O–H groups in total. The molecule has 0 aromatic carbocycles. The molecule has 1 aromatic heterocycles. The summed E-state index contributed by atoms with van der Waals surface area (Å²) in [5.41, 5.74) is 1.36. The second kappa shape index (κ2) is 5.87. The molecule has 1 aliphatic heterocycles. The average Bonchev–Trinajstić information content (AvgIpc) is 2.84. The lowest BCUT2D eigenvalue weighted by Crippen LogP contribution is -2.28. The summed E-state index contributed by atoms with van der Waals surface area (Å²) < 4.78 is 13.3. The Balaban J connectivity index is 2.23. The lowest BCUT2D eigenvalue weighted by Gasteiger charge is -2.27. The molecule has 19 heavy (non-hydrogen) atoms. The van der Waals surface area contributed by atoms with E-state index >= 15 is 0 Å². The average molecular weight is 265 g/mol. The standard InChI is InChI=1S/C15H24FN3/c1-4-15(5-2)6-7-19(11-15)14-12(9-17-3)8-13(16)10-18-14/h8,10,17H,4-7,9,11H2,1-3H3. The number of halogens is 1. The normalized spacial score (nSPS) is 18.0. The van der Waals surface area contributed by atoms with Crippen molar-refractivity contribution in [3.8, 4) is 0 Å². The van der Waals surface area contributed by atoms with Crippen LogP contribution in [0.2, 0.25) is 0 Å². The van der Waals surface area contributed by atoms with Gasteiger partial charge in [0.15, 0.2) is 0 Å². The lowest BCUT2D eigenvalue weighted by molar-refractivity contribution is 0.301. The minimum absolute atomic E-state index is 0.259.